The zero-order valence-electron chi connectivity index (χ0n) is 24.5. The Morgan fingerprint density at radius 1 is 1.00 bits per heavy atom. The van der Waals surface area contributed by atoms with Crippen LogP contribution in [0.15, 0.2) is 54.7 Å². The molecule has 2 amide bonds. The number of hydrogen-bond acceptors (Lipinski definition) is 6. The van der Waals surface area contributed by atoms with Gasteiger partial charge in [-0.3, -0.25) is 9.69 Å². The molecule has 0 unspecified atom stereocenters. The zero-order chi connectivity index (χ0) is 34.4. The fourth-order valence-corrected chi connectivity index (χ4v) is 5.19. The summed E-state index contributed by atoms with van der Waals surface area (Å²) in [6.07, 6.45) is -8.92. The number of nitrogens with zero attached hydrogens (tertiary/aromatic N) is 2. The molecule has 254 valence electrons. The van der Waals surface area contributed by atoms with Crippen LogP contribution in [0.3, 0.4) is 0 Å². The number of rotatable bonds is 8. The van der Waals surface area contributed by atoms with E-state index in [9.17, 15) is 35.9 Å². The van der Waals surface area contributed by atoms with Crippen molar-refractivity contribution in [1.82, 2.24) is 20.1 Å². The number of ether oxygens (including phenoxy) is 2. The average Bonchev–Trinajstić information content (AvgIpc) is 3.40. The minimum atomic E-state index is -5.08. The number of carboxylic acids is 1. The van der Waals surface area contributed by atoms with Crippen LogP contribution in [0.25, 0.3) is 22.3 Å². The lowest BCUT2D eigenvalue weighted by atomic mass is 9.95. The van der Waals surface area contributed by atoms with E-state index in [1.54, 1.807) is 16.8 Å². The van der Waals surface area contributed by atoms with E-state index in [-0.39, 0.29) is 30.8 Å². The molecular formula is C30H30F6N4O7. The molecule has 2 aliphatic heterocycles. The summed E-state index contributed by atoms with van der Waals surface area (Å²) in [4.78, 5) is 35.4. The van der Waals surface area contributed by atoms with Crippen LogP contribution in [-0.4, -0.2) is 89.6 Å². The maximum atomic E-state index is 13.2. The number of nitrogens with one attached hydrogen (secondary N) is 2. The summed E-state index contributed by atoms with van der Waals surface area (Å²) >= 11 is 0. The minimum absolute atomic E-state index is 0.170. The number of carbonyl (C=O) groups excluding carboxylic acids is 1. The molecule has 1 aromatic heterocycles. The Labute approximate surface area is 263 Å². The molecule has 3 heterocycles. The van der Waals surface area contributed by atoms with Gasteiger partial charge in [0, 0.05) is 50.0 Å². The molecule has 5 rings (SSSR count). The van der Waals surface area contributed by atoms with Gasteiger partial charge in [0.1, 0.15) is 11.4 Å². The average molecular weight is 673 g/mol. The van der Waals surface area contributed by atoms with E-state index in [1.807, 2.05) is 24.3 Å². The molecule has 2 aliphatic rings. The molecule has 0 saturated carbocycles. The van der Waals surface area contributed by atoms with E-state index in [1.165, 1.54) is 18.2 Å². The summed E-state index contributed by atoms with van der Waals surface area (Å²) in [6, 6.07) is 13.2. The molecule has 0 aliphatic carbocycles. The molecule has 11 nitrogen and oxygen atoms in total. The minimum Gasteiger partial charge on any atom is -0.475 e. The lowest BCUT2D eigenvalue weighted by Crippen LogP contribution is -2.40. The summed E-state index contributed by atoms with van der Waals surface area (Å²) in [7, 11) is 0. The summed E-state index contributed by atoms with van der Waals surface area (Å²) in [5.74, 6) is -3.44. The number of halogens is 6. The Hall–Kier alpha value is -4.77. The standard InChI is InChI=1S/C28H29F3N4O5.C2HF3O2/c29-28(30,31)40-22-3-1-2-20(14-22)23-17-35-21(8-9-32-27(37)38)15-33-26(36)25(35)24(23)19-6-4-18(5-7-19)16-34-10-12-39-13-11-34;3-2(4,5)1(6)7/h1-7,14,17,21,32H,8-13,15-16H2,(H,33,36)(H,37,38);(H,6,7)/t21-;/m0./s1. The molecule has 3 aromatic rings. The van der Waals surface area contributed by atoms with E-state index >= 15 is 0 Å². The number of carbonyl (C=O) groups is 3. The number of morpholine rings is 1. The largest absolute Gasteiger partial charge is 0.573 e. The molecular weight excluding hydrogens is 642 g/mol. The lowest BCUT2D eigenvalue weighted by Gasteiger charge is -2.27. The van der Waals surface area contributed by atoms with Gasteiger partial charge in [0.25, 0.3) is 5.91 Å². The first kappa shape index (κ1) is 35.1. The smallest absolute Gasteiger partial charge is 0.475 e. The number of hydrogen-bond donors (Lipinski definition) is 4. The van der Waals surface area contributed by atoms with Crippen LogP contribution in [0.2, 0.25) is 0 Å². The summed E-state index contributed by atoms with van der Waals surface area (Å²) in [6.45, 7) is 4.27. The van der Waals surface area contributed by atoms with Crippen molar-refractivity contribution >= 4 is 18.0 Å². The first-order valence-corrected chi connectivity index (χ1v) is 14.2. The van der Waals surface area contributed by atoms with Gasteiger partial charge in [-0.1, -0.05) is 36.4 Å². The van der Waals surface area contributed by atoms with Gasteiger partial charge in [-0.05, 0) is 35.2 Å². The quantitative estimate of drug-likeness (QED) is 0.242. The van der Waals surface area contributed by atoms with Crippen molar-refractivity contribution in [2.24, 2.45) is 0 Å². The highest BCUT2D eigenvalue weighted by molar-refractivity contribution is 6.05. The Morgan fingerprint density at radius 3 is 2.26 bits per heavy atom. The molecule has 1 fully saturated rings. The Morgan fingerprint density at radius 2 is 1.66 bits per heavy atom. The molecule has 1 atom stereocenters. The monoisotopic (exact) mass is 672 g/mol. The fourth-order valence-electron chi connectivity index (χ4n) is 5.19. The Balaban J connectivity index is 0.000000644. The second-order valence-electron chi connectivity index (χ2n) is 10.5. The summed E-state index contributed by atoms with van der Waals surface area (Å²) in [5, 5.41) is 21.3. The summed E-state index contributed by atoms with van der Waals surface area (Å²) < 4.78 is 82.0. The van der Waals surface area contributed by atoms with E-state index < -0.39 is 24.6 Å². The van der Waals surface area contributed by atoms with Crippen molar-refractivity contribution in [2.45, 2.75) is 31.5 Å². The van der Waals surface area contributed by atoms with Gasteiger partial charge in [0.05, 0.1) is 19.3 Å². The van der Waals surface area contributed by atoms with Gasteiger partial charge in [-0.2, -0.15) is 13.2 Å². The van der Waals surface area contributed by atoms with Crippen LogP contribution in [0.5, 0.6) is 5.75 Å². The van der Waals surface area contributed by atoms with Crippen LogP contribution in [0.1, 0.15) is 28.5 Å². The first-order chi connectivity index (χ1) is 22.1. The van der Waals surface area contributed by atoms with Crippen LogP contribution in [-0.2, 0) is 16.1 Å². The number of alkyl halides is 6. The van der Waals surface area contributed by atoms with E-state index in [4.69, 9.17) is 19.7 Å². The molecule has 2 aromatic carbocycles. The lowest BCUT2D eigenvalue weighted by molar-refractivity contribution is -0.274. The highest BCUT2D eigenvalue weighted by Crippen LogP contribution is 2.41. The predicted octanol–water partition coefficient (Wildman–Crippen LogP) is 5.13. The molecule has 0 radical (unpaired) electrons. The van der Waals surface area contributed by atoms with E-state index in [2.05, 4.69) is 20.3 Å². The highest BCUT2D eigenvalue weighted by atomic mass is 19.4. The predicted molar refractivity (Wildman–Crippen MR) is 154 cm³/mol. The normalized spacial score (nSPS) is 16.7. The number of carboxylic acid groups (broad SMARTS) is 2. The van der Waals surface area contributed by atoms with Crippen molar-refractivity contribution < 1.29 is 60.4 Å². The van der Waals surface area contributed by atoms with Crippen LogP contribution in [0.4, 0.5) is 31.1 Å². The van der Waals surface area contributed by atoms with Gasteiger partial charge in [0.2, 0.25) is 0 Å². The number of aromatic nitrogens is 1. The molecule has 1 saturated heterocycles. The third-order valence-corrected chi connectivity index (χ3v) is 7.27. The second kappa shape index (κ2) is 14.8. The van der Waals surface area contributed by atoms with Crippen LogP contribution in [0, 0.1) is 0 Å². The third kappa shape index (κ3) is 9.62. The maximum Gasteiger partial charge on any atom is 0.573 e. The van der Waals surface area contributed by atoms with Crippen LogP contribution < -0.4 is 15.4 Å². The van der Waals surface area contributed by atoms with Gasteiger partial charge >= 0.3 is 24.6 Å². The van der Waals surface area contributed by atoms with Crippen LogP contribution >= 0.6 is 0 Å². The van der Waals surface area contributed by atoms with E-state index in [0.29, 0.717) is 42.0 Å². The number of aliphatic carboxylic acids is 1. The van der Waals surface area contributed by atoms with Crippen molar-refractivity contribution in [2.75, 3.05) is 39.4 Å². The maximum absolute atomic E-state index is 13.2. The fraction of sp³-hybridized carbons (Fsp3) is 0.367. The van der Waals surface area contributed by atoms with Crippen molar-refractivity contribution in [3.63, 3.8) is 0 Å². The van der Waals surface area contributed by atoms with Gasteiger partial charge in [-0.15, -0.1) is 13.2 Å². The first-order valence-electron chi connectivity index (χ1n) is 14.2. The number of amides is 2. The summed E-state index contributed by atoms with van der Waals surface area (Å²) in [5.41, 5.74) is 3.78. The SMILES string of the molecule is O=C(O)C(F)(F)F.O=C(O)NCC[C@H]1CNC(=O)c2c(-c3ccc(CN4CCOCC4)cc3)c(-c3cccc(OC(F)(F)F)c3)cn21. The molecule has 4 N–H and O–H groups in total. The number of fused-ring (bicyclic) bond motifs is 1. The Kier molecular flexibility index (Phi) is 11.0. The number of benzene rings is 2. The van der Waals surface area contributed by atoms with Gasteiger partial charge < -0.3 is 34.9 Å². The topological polar surface area (TPSA) is 142 Å². The molecule has 0 spiro atoms. The van der Waals surface area contributed by atoms with Crippen molar-refractivity contribution in [1.29, 1.82) is 0 Å². The third-order valence-electron chi connectivity index (χ3n) is 7.27. The molecule has 0 bridgehead atoms. The zero-order valence-corrected chi connectivity index (χ0v) is 24.5. The molecule has 47 heavy (non-hydrogen) atoms. The second-order valence-corrected chi connectivity index (χ2v) is 10.5. The van der Waals surface area contributed by atoms with Gasteiger partial charge in [0.15, 0.2) is 0 Å². The Bertz CT molecular complexity index is 1570. The highest BCUT2D eigenvalue weighted by Gasteiger charge is 2.38. The van der Waals surface area contributed by atoms with E-state index in [0.717, 1.165) is 30.8 Å². The van der Waals surface area contributed by atoms with Gasteiger partial charge in [-0.25, -0.2) is 9.59 Å². The van der Waals surface area contributed by atoms with Crippen molar-refractivity contribution in [3.05, 3.63) is 66.0 Å². The molecule has 17 heteroatoms. The van der Waals surface area contributed by atoms with Crippen molar-refractivity contribution in [3.8, 4) is 28.0 Å².